The summed E-state index contributed by atoms with van der Waals surface area (Å²) in [5.74, 6) is 0. The van der Waals surface area contributed by atoms with Crippen molar-refractivity contribution >= 4 is 15.9 Å². The van der Waals surface area contributed by atoms with E-state index in [0.717, 1.165) is 4.47 Å². The van der Waals surface area contributed by atoms with Gasteiger partial charge in [0.15, 0.2) is 0 Å². The van der Waals surface area contributed by atoms with Crippen molar-refractivity contribution in [3.8, 4) is 0 Å². The molecule has 0 radical (unpaired) electrons. The lowest BCUT2D eigenvalue weighted by molar-refractivity contribution is 0.185. The molecule has 0 aromatic heterocycles. The van der Waals surface area contributed by atoms with Crippen LogP contribution in [0.25, 0.3) is 0 Å². The molecule has 0 amide bonds. The molecule has 14 heavy (non-hydrogen) atoms. The molecule has 0 spiro atoms. The third-order valence-electron chi connectivity index (χ3n) is 1.22. The van der Waals surface area contributed by atoms with Gasteiger partial charge in [-0.05, 0) is 17.7 Å². The minimum atomic E-state index is 0.688. The second kappa shape index (κ2) is 12.7. The molecule has 0 N–H and O–H groups in total. The SMILES string of the molecule is CC.CC.COCc1ccc(Br)cc1. The van der Waals surface area contributed by atoms with Crippen LogP contribution >= 0.6 is 15.9 Å². The van der Waals surface area contributed by atoms with Crippen molar-refractivity contribution in [3.63, 3.8) is 0 Å². The van der Waals surface area contributed by atoms with Gasteiger partial charge in [0, 0.05) is 11.6 Å². The molecule has 0 aliphatic heterocycles. The van der Waals surface area contributed by atoms with Crippen LogP contribution in [0.1, 0.15) is 33.3 Å². The van der Waals surface area contributed by atoms with Gasteiger partial charge in [-0.2, -0.15) is 0 Å². The average molecular weight is 261 g/mol. The van der Waals surface area contributed by atoms with Crippen molar-refractivity contribution in [1.29, 1.82) is 0 Å². The standard InChI is InChI=1S/C8H9BrO.2C2H6/c1-10-6-7-2-4-8(9)5-3-7;2*1-2/h2-5H,6H2,1H3;2*1-2H3. The van der Waals surface area contributed by atoms with E-state index in [1.165, 1.54) is 5.56 Å². The third kappa shape index (κ3) is 8.27. The fourth-order valence-electron chi connectivity index (χ4n) is 0.747. The van der Waals surface area contributed by atoms with Crippen molar-refractivity contribution < 1.29 is 4.74 Å². The highest BCUT2D eigenvalue weighted by Crippen LogP contribution is 2.10. The lowest BCUT2D eigenvalue weighted by Crippen LogP contribution is -1.85. The summed E-state index contributed by atoms with van der Waals surface area (Å²) in [5, 5.41) is 0. The van der Waals surface area contributed by atoms with Crippen molar-refractivity contribution in [3.05, 3.63) is 34.3 Å². The molecule has 1 rings (SSSR count). The highest BCUT2D eigenvalue weighted by Gasteiger charge is 1.89. The molecule has 0 unspecified atom stereocenters. The number of rotatable bonds is 2. The lowest BCUT2D eigenvalue weighted by atomic mass is 10.2. The number of hydrogen-bond acceptors (Lipinski definition) is 1. The first kappa shape index (κ1) is 16.1. The number of methoxy groups -OCH3 is 1. The second-order valence-electron chi connectivity index (χ2n) is 2.06. The lowest BCUT2D eigenvalue weighted by Gasteiger charge is -1.97. The Hall–Kier alpha value is -0.340. The summed E-state index contributed by atoms with van der Waals surface area (Å²) in [6.45, 7) is 8.69. The van der Waals surface area contributed by atoms with Crippen molar-refractivity contribution in [2.24, 2.45) is 0 Å². The fourth-order valence-corrected chi connectivity index (χ4v) is 1.01. The van der Waals surface area contributed by atoms with E-state index in [9.17, 15) is 0 Å². The quantitative estimate of drug-likeness (QED) is 0.753. The second-order valence-corrected chi connectivity index (χ2v) is 2.98. The van der Waals surface area contributed by atoms with E-state index < -0.39 is 0 Å². The van der Waals surface area contributed by atoms with Crippen molar-refractivity contribution in [2.75, 3.05) is 7.11 Å². The van der Waals surface area contributed by atoms with Gasteiger partial charge < -0.3 is 4.74 Å². The van der Waals surface area contributed by atoms with E-state index >= 15 is 0 Å². The largest absolute Gasteiger partial charge is 0.380 e. The first-order chi connectivity index (χ1) is 6.83. The Morgan fingerprint density at radius 2 is 1.43 bits per heavy atom. The Kier molecular flexibility index (Phi) is 14.6. The Bertz CT molecular complexity index is 194. The third-order valence-corrected chi connectivity index (χ3v) is 1.75. The minimum absolute atomic E-state index is 0.688. The van der Waals surface area contributed by atoms with E-state index in [-0.39, 0.29) is 0 Å². The first-order valence-corrected chi connectivity index (χ1v) is 5.85. The van der Waals surface area contributed by atoms with Crippen LogP contribution in [0.2, 0.25) is 0 Å². The van der Waals surface area contributed by atoms with Crippen LogP contribution in [0.15, 0.2) is 28.7 Å². The Morgan fingerprint density at radius 1 is 1.00 bits per heavy atom. The van der Waals surface area contributed by atoms with Crippen LogP contribution in [-0.4, -0.2) is 7.11 Å². The molecule has 0 aliphatic carbocycles. The van der Waals surface area contributed by atoms with E-state index in [2.05, 4.69) is 15.9 Å². The number of benzene rings is 1. The summed E-state index contributed by atoms with van der Waals surface area (Å²) in [4.78, 5) is 0. The summed E-state index contributed by atoms with van der Waals surface area (Å²) in [5.41, 5.74) is 1.20. The summed E-state index contributed by atoms with van der Waals surface area (Å²) >= 11 is 3.36. The predicted octanol–water partition coefficient (Wildman–Crippen LogP) is 4.65. The number of ether oxygens (including phenoxy) is 1. The Labute approximate surface area is 96.6 Å². The normalized spacial score (nSPS) is 7.86. The summed E-state index contributed by atoms with van der Waals surface area (Å²) in [6, 6.07) is 8.09. The molecule has 0 aliphatic rings. The highest BCUT2D eigenvalue weighted by molar-refractivity contribution is 9.10. The summed E-state index contributed by atoms with van der Waals surface area (Å²) in [7, 11) is 1.70. The zero-order chi connectivity index (χ0) is 11.4. The molecule has 1 aromatic rings. The van der Waals surface area contributed by atoms with E-state index in [1.807, 2.05) is 52.0 Å². The molecule has 0 heterocycles. The van der Waals surface area contributed by atoms with Crippen LogP contribution in [0.4, 0.5) is 0 Å². The van der Waals surface area contributed by atoms with Crippen LogP contribution in [0.3, 0.4) is 0 Å². The molecule has 2 heteroatoms. The van der Waals surface area contributed by atoms with E-state index in [4.69, 9.17) is 4.74 Å². The molecule has 1 nitrogen and oxygen atoms in total. The van der Waals surface area contributed by atoms with Gasteiger partial charge in [-0.3, -0.25) is 0 Å². The summed E-state index contributed by atoms with van der Waals surface area (Å²) in [6.07, 6.45) is 0. The first-order valence-electron chi connectivity index (χ1n) is 5.06. The van der Waals surface area contributed by atoms with Gasteiger partial charge in [0.05, 0.1) is 6.61 Å². The van der Waals surface area contributed by atoms with Gasteiger partial charge in [0.2, 0.25) is 0 Å². The van der Waals surface area contributed by atoms with Crippen molar-refractivity contribution in [2.45, 2.75) is 34.3 Å². The maximum atomic E-state index is 4.95. The predicted molar refractivity (Wildman–Crippen MR) is 67.6 cm³/mol. The van der Waals surface area contributed by atoms with Crippen LogP contribution in [0, 0.1) is 0 Å². The maximum Gasteiger partial charge on any atom is 0.0713 e. The van der Waals surface area contributed by atoms with E-state index in [1.54, 1.807) is 7.11 Å². The van der Waals surface area contributed by atoms with Gasteiger partial charge >= 0.3 is 0 Å². The van der Waals surface area contributed by atoms with Crippen LogP contribution in [-0.2, 0) is 11.3 Å². The zero-order valence-electron chi connectivity index (χ0n) is 9.80. The van der Waals surface area contributed by atoms with Gasteiger partial charge in [0.25, 0.3) is 0 Å². The van der Waals surface area contributed by atoms with Crippen molar-refractivity contribution in [1.82, 2.24) is 0 Å². The highest BCUT2D eigenvalue weighted by atomic mass is 79.9. The smallest absolute Gasteiger partial charge is 0.0713 e. The van der Waals surface area contributed by atoms with Crippen LogP contribution < -0.4 is 0 Å². The molecule has 0 atom stereocenters. The average Bonchev–Trinajstić information content (AvgIpc) is 2.28. The number of hydrogen-bond donors (Lipinski definition) is 0. The molecule has 0 fully saturated rings. The molecule has 0 saturated carbocycles. The molecular formula is C12H21BrO. The zero-order valence-corrected chi connectivity index (χ0v) is 11.4. The molecule has 0 bridgehead atoms. The van der Waals surface area contributed by atoms with Crippen LogP contribution in [0.5, 0.6) is 0 Å². The topological polar surface area (TPSA) is 9.23 Å². The maximum absolute atomic E-state index is 4.95. The van der Waals surface area contributed by atoms with Gasteiger partial charge in [-0.1, -0.05) is 55.8 Å². The fraction of sp³-hybridized carbons (Fsp3) is 0.500. The number of halogens is 1. The van der Waals surface area contributed by atoms with Gasteiger partial charge in [-0.25, -0.2) is 0 Å². The Balaban J connectivity index is 0. The minimum Gasteiger partial charge on any atom is -0.380 e. The molecule has 1 aromatic carbocycles. The van der Waals surface area contributed by atoms with Gasteiger partial charge in [-0.15, -0.1) is 0 Å². The monoisotopic (exact) mass is 260 g/mol. The molecule has 0 saturated heterocycles. The Morgan fingerprint density at radius 3 is 1.79 bits per heavy atom. The molecular weight excluding hydrogens is 240 g/mol. The van der Waals surface area contributed by atoms with E-state index in [0.29, 0.717) is 6.61 Å². The van der Waals surface area contributed by atoms with Gasteiger partial charge in [0.1, 0.15) is 0 Å². The summed E-state index contributed by atoms with van der Waals surface area (Å²) < 4.78 is 6.06. The molecule has 82 valence electrons.